The molecule has 57 heavy (non-hydrogen) atoms. The summed E-state index contributed by atoms with van der Waals surface area (Å²) < 4.78 is 7.69. The third kappa shape index (κ3) is 5.72. The molecule has 274 valence electrons. The Balaban J connectivity index is 1.07. The lowest BCUT2D eigenvalue weighted by atomic mass is 9.82. The molecule has 0 atom stereocenters. The first-order valence-electron chi connectivity index (χ1n) is 19.4. The first-order valence-corrected chi connectivity index (χ1v) is 19.4. The van der Waals surface area contributed by atoms with Crippen molar-refractivity contribution >= 4 is 45.2 Å². The van der Waals surface area contributed by atoms with Crippen molar-refractivity contribution in [2.24, 2.45) is 0 Å². The quantitative estimate of drug-likeness (QED) is 0.146. The maximum Gasteiger partial charge on any atom is 0.150 e. The molecule has 8 aromatic carbocycles. The van der Waals surface area contributed by atoms with Gasteiger partial charge in [0.15, 0.2) is 0 Å². The average molecular weight is 737 g/mol. The Kier molecular flexibility index (Phi) is 8.15. The Morgan fingerprint density at radius 2 is 1.07 bits per heavy atom. The maximum atomic E-state index is 11.9. The smallest absolute Gasteiger partial charge is 0.150 e. The van der Waals surface area contributed by atoms with Crippen LogP contribution in [0.4, 0.5) is 17.1 Å². The van der Waals surface area contributed by atoms with E-state index >= 15 is 0 Å². The van der Waals surface area contributed by atoms with E-state index in [-0.39, 0.29) is 5.41 Å². The van der Waals surface area contributed by atoms with E-state index in [9.17, 15) is 4.79 Å². The third-order valence-electron chi connectivity index (χ3n) is 11.8. The molecule has 0 saturated carbocycles. The van der Waals surface area contributed by atoms with Crippen LogP contribution in [0.25, 0.3) is 60.9 Å². The lowest BCUT2D eigenvalue weighted by molar-refractivity contribution is 0.112. The number of hydrogen-bond donors (Lipinski definition) is 0. The van der Waals surface area contributed by atoms with Gasteiger partial charge in [-0.1, -0.05) is 105 Å². The summed E-state index contributed by atoms with van der Waals surface area (Å²) in [5.41, 5.74) is 16.9. The standard InChI is InChI=1S/C53H40N2O2/c1-53(2)49-12-8-7-11-45(49)46-28-25-43(33-50(46)53)54(40-19-14-37(15-20-40)36-9-5-4-6-10-36)41-21-16-38(17-22-41)39-18-30-52-48(32-39)47-31-35(34-56)13-29-51(47)55(52)42-23-26-44(57-3)27-24-42/h4-34H,1-3H3. The minimum atomic E-state index is -0.115. The zero-order valence-electron chi connectivity index (χ0n) is 32.1. The van der Waals surface area contributed by atoms with Gasteiger partial charge in [-0.2, -0.15) is 0 Å². The second-order valence-electron chi connectivity index (χ2n) is 15.4. The predicted molar refractivity (Wildman–Crippen MR) is 236 cm³/mol. The SMILES string of the molecule is COc1ccc(-n2c3ccc(C=O)cc3c3cc(-c4ccc(N(c5ccc(-c6ccccc6)cc5)c5ccc6c(c5)C(C)(C)c5ccccc5-6)cc4)ccc32)cc1. The van der Waals surface area contributed by atoms with Crippen molar-refractivity contribution in [2.75, 3.05) is 12.0 Å². The molecule has 4 heteroatoms. The first kappa shape index (κ1) is 34.3. The highest BCUT2D eigenvalue weighted by Crippen LogP contribution is 2.50. The van der Waals surface area contributed by atoms with E-state index in [1.54, 1.807) is 7.11 Å². The average Bonchev–Trinajstić information content (AvgIpc) is 3.71. The van der Waals surface area contributed by atoms with Crippen LogP contribution in [0, 0.1) is 0 Å². The second kappa shape index (κ2) is 13.5. The molecule has 0 aliphatic heterocycles. The number of hydrogen-bond acceptors (Lipinski definition) is 3. The number of carbonyl (C=O) groups excluding carboxylic acids is 1. The summed E-state index contributed by atoms with van der Waals surface area (Å²) in [5.74, 6) is 0.807. The summed E-state index contributed by atoms with van der Waals surface area (Å²) in [4.78, 5) is 14.3. The number of ether oxygens (including phenoxy) is 1. The largest absolute Gasteiger partial charge is 0.497 e. The van der Waals surface area contributed by atoms with Crippen LogP contribution in [-0.4, -0.2) is 18.0 Å². The molecule has 0 amide bonds. The van der Waals surface area contributed by atoms with Crippen LogP contribution in [0.5, 0.6) is 5.75 Å². The molecule has 1 aromatic heterocycles. The molecule has 1 aliphatic rings. The molecule has 1 aliphatic carbocycles. The van der Waals surface area contributed by atoms with Crippen molar-refractivity contribution in [2.45, 2.75) is 19.3 Å². The van der Waals surface area contributed by atoms with Gasteiger partial charge in [0, 0.05) is 44.5 Å². The van der Waals surface area contributed by atoms with Crippen LogP contribution >= 0.6 is 0 Å². The van der Waals surface area contributed by atoms with Crippen LogP contribution in [0.3, 0.4) is 0 Å². The van der Waals surface area contributed by atoms with Crippen molar-refractivity contribution in [3.05, 3.63) is 199 Å². The predicted octanol–water partition coefficient (Wildman–Crippen LogP) is 13.7. The van der Waals surface area contributed by atoms with E-state index in [0.29, 0.717) is 5.56 Å². The second-order valence-corrected chi connectivity index (χ2v) is 15.4. The molecule has 1 heterocycles. The molecule has 9 aromatic rings. The van der Waals surface area contributed by atoms with Gasteiger partial charge in [-0.3, -0.25) is 4.79 Å². The lowest BCUT2D eigenvalue weighted by Gasteiger charge is -2.28. The fourth-order valence-corrected chi connectivity index (χ4v) is 8.82. The highest BCUT2D eigenvalue weighted by Gasteiger charge is 2.35. The summed E-state index contributed by atoms with van der Waals surface area (Å²) >= 11 is 0. The number of fused-ring (bicyclic) bond motifs is 6. The molecular weight excluding hydrogens is 697 g/mol. The summed E-state index contributed by atoms with van der Waals surface area (Å²) in [6.07, 6.45) is 0.917. The number of aldehydes is 1. The van der Waals surface area contributed by atoms with Crippen LogP contribution in [0.15, 0.2) is 182 Å². The van der Waals surface area contributed by atoms with Gasteiger partial charge in [0.1, 0.15) is 12.0 Å². The summed E-state index contributed by atoms with van der Waals surface area (Å²) in [6.45, 7) is 4.67. The number of carbonyl (C=O) groups is 1. The number of aromatic nitrogens is 1. The molecule has 0 unspecified atom stereocenters. The lowest BCUT2D eigenvalue weighted by Crippen LogP contribution is -2.16. The molecule has 0 fully saturated rings. The van der Waals surface area contributed by atoms with E-state index in [1.807, 2.05) is 30.3 Å². The van der Waals surface area contributed by atoms with Gasteiger partial charge in [0.05, 0.1) is 18.1 Å². The van der Waals surface area contributed by atoms with Gasteiger partial charge in [0.25, 0.3) is 0 Å². The van der Waals surface area contributed by atoms with Crippen molar-refractivity contribution in [3.63, 3.8) is 0 Å². The Bertz CT molecular complexity index is 2960. The minimum Gasteiger partial charge on any atom is -0.497 e. The highest BCUT2D eigenvalue weighted by molar-refractivity contribution is 6.11. The van der Waals surface area contributed by atoms with E-state index in [4.69, 9.17) is 4.74 Å². The Hall–Kier alpha value is -7.17. The molecule has 0 N–H and O–H groups in total. The van der Waals surface area contributed by atoms with Gasteiger partial charge in [-0.15, -0.1) is 0 Å². The number of benzene rings is 8. The van der Waals surface area contributed by atoms with Gasteiger partial charge < -0.3 is 14.2 Å². The highest BCUT2D eigenvalue weighted by atomic mass is 16.5. The van der Waals surface area contributed by atoms with Crippen LogP contribution in [0.2, 0.25) is 0 Å². The minimum absolute atomic E-state index is 0.115. The van der Waals surface area contributed by atoms with Crippen molar-refractivity contribution in [1.29, 1.82) is 0 Å². The first-order chi connectivity index (χ1) is 27.9. The van der Waals surface area contributed by atoms with E-state index < -0.39 is 0 Å². The molecular formula is C53H40N2O2. The van der Waals surface area contributed by atoms with Gasteiger partial charge >= 0.3 is 0 Å². The summed E-state index contributed by atoms with van der Waals surface area (Å²) in [5, 5.41) is 2.13. The number of methoxy groups -OCH3 is 1. The molecule has 0 saturated heterocycles. The van der Waals surface area contributed by atoms with Gasteiger partial charge in [-0.05, 0) is 136 Å². The van der Waals surface area contributed by atoms with Crippen LogP contribution in [0.1, 0.15) is 35.3 Å². The van der Waals surface area contributed by atoms with E-state index in [2.05, 4.69) is 175 Å². The number of nitrogens with zero attached hydrogens (tertiary/aromatic N) is 2. The Labute approximate surface area is 332 Å². The summed E-state index contributed by atoms with van der Waals surface area (Å²) in [7, 11) is 1.68. The van der Waals surface area contributed by atoms with Crippen LogP contribution < -0.4 is 9.64 Å². The molecule has 0 spiro atoms. The van der Waals surface area contributed by atoms with Crippen molar-refractivity contribution < 1.29 is 9.53 Å². The third-order valence-corrected chi connectivity index (χ3v) is 11.8. The number of anilines is 3. The molecule has 10 rings (SSSR count). The fourth-order valence-electron chi connectivity index (χ4n) is 8.82. The fraction of sp³-hybridized carbons (Fsp3) is 0.0755. The zero-order chi connectivity index (χ0) is 38.7. The maximum absolute atomic E-state index is 11.9. The van der Waals surface area contributed by atoms with Crippen LogP contribution in [-0.2, 0) is 5.41 Å². The molecule has 0 bridgehead atoms. The number of rotatable bonds is 8. The van der Waals surface area contributed by atoms with E-state index in [0.717, 1.165) is 67.7 Å². The van der Waals surface area contributed by atoms with Gasteiger partial charge in [0.2, 0.25) is 0 Å². The van der Waals surface area contributed by atoms with E-state index in [1.165, 1.54) is 33.4 Å². The summed E-state index contributed by atoms with van der Waals surface area (Å²) in [6, 6.07) is 64.7. The Morgan fingerprint density at radius 1 is 0.509 bits per heavy atom. The van der Waals surface area contributed by atoms with Crippen molar-refractivity contribution in [3.8, 4) is 44.8 Å². The monoisotopic (exact) mass is 736 g/mol. The zero-order valence-corrected chi connectivity index (χ0v) is 32.1. The normalized spacial score (nSPS) is 12.7. The molecule has 4 nitrogen and oxygen atoms in total. The molecule has 0 radical (unpaired) electrons. The topological polar surface area (TPSA) is 34.5 Å². The Morgan fingerprint density at radius 3 is 1.75 bits per heavy atom. The van der Waals surface area contributed by atoms with Gasteiger partial charge in [-0.25, -0.2) is 0 Å². The van der Waals surface area contributed by atoms with Crippen molar-refractivity contribution in [1.82, 2.24) is 4.57 Å².